The summed E-state index contributed by atoms with van der Waals surface area (Å²) in [5.41, 5.74) is 0. The number of unbranched alkanes of at least 4 members (excludes halogenated alkanes) is 1. The first-order valence-corrected chi connectivity index (χ1v) is 14.4. The molecule has 0 saturated heterocycles. The highest BCUT2D eigenvalue weighted by molar-refractivity contribution is 8.24. The van der Waals surface area contributed by atoms with Crippen LogP contribution in [0.4, 0.5) is 0 Å². The molecule has 2 aliphatic heterocycles. The lowest BCUT2D eigenvalue weighted by Gasteiger charge is -2.09. The Balaban J connectivity index is 1.35. The Kier molecular flexibility index (Phi) is 11.8. The Morgan fingerprint density at radius 3 is 1.64 bits per heavy atom. The van der Waals surface area contributed by atoms with Gasteiger partial charge in [-0.15, -0.1) is 47.0 Å². The minimum atomic E-state index is 0.728. The van der Waals surface area contributed by atoms with E-state index in [0.717, 1.165) is 20.7 Å². The summed E-state index contributed by atoms with van der Waals surface area (Å²) in [7, 11) is 0. The molecular weight excluding hydrogens is 425 g/mol. The van der Waals surface area contributed by atoms with Crippen LogP contribution >= 0.6 is 95.8 Å². The van der Waals surface area contributed by atoms with Crippen LogP contribution in [0.1, 0.15) is 12.8 Å². The minimum Gasteiger partial charge on any atom is -0.174 e. The highest BCUT2D eigenvalue weighted by Crippen LogP contribution is 2.42. The third-order valence-electron chi connectivity index (χ3n) is 2.92. The van der Waals surface area contributed by atoms with E-state index < -0.39 is 0 Å². The van der Waals surface area contributed by atoms with E-state index in [0.29, 0.717) is 0 Å². The van der Waals surface area contributed by atoms with E-state index in [-0.39, 0.29) is 0 Å². The molecule has 22 heavy (non-hydrogen) atoms. The zero-order valence-electron chi connectivity index (χ0n) is 12.3. The Morgan fingerprint density at radius 2 is 1.27 bits per heavy atom. The van der Waals surface area contributed by atoms with Crippen molar-refractivity contribution in [3.8, 4) is 0 Å². The molecule has 0 aromatic heterocycles. The molecule has 2 rings (SSSR count). The minimum absolute atomic E-state index is 0.728. The van der Waals surface area contributed by atoms with E-state index in [9.17, 15) is 0 Å². The van der Waals surface area contributed by atoms with Gasteiger partial charge in [0, 0.05) is 32.8 Å². The van der Waals surface area contributed by atoms with Crippen molar-refractivity contribution in [3.05, 3.63) is 20.6 Å². The molecule has 8 heteroatoms. The van der Waals surface area contributed by atoms with Crippen molar-refractivity contribution in [2.24, 2.45) is 0 Å². The largest absolute Gasteiger partial charge is 0.174 e. The van der Waals surface area contributed by atoms with E-state index in [2.05, 4.69) is 59.6 Å². The predicted molar refractivity (Wildman–Crippen MR) is 126 cm³/mol. The highest BCUT2D eigenvalue weighted by atomic mass is 32.2. The number of rotatable bonds is 11. The maximum absolute atomic E-state index is 4.33. The summed E-state index contributed by atoms with van der Waals surface area (Å²) in [6.07, 6.45) is 2.72. The zero-order chi connectivity index (χ0) is 15.6. The average molecular weight is 447 g/mol. The van der Waals surface area contributed by atoms with Gasteiger partial charge in [0.25, 0.3) is 0 Å². The summed E-state index contributed by atoms with van der Waals surface area (Å²) in [6.45, 7) is 0. The summed E-state index contributed by atoms with van der Waals surface area (Å²) < 4.78 is 1.46. The molecule has 0 N–H and O–H groups in total. The quantitative estimate of drug-likeness (QED) is 0.277. The second-order valence-electron chi connectivity index (χ2n) is 4.71. The fourth-order valence-corrected chi connectivity index (χ4v) is 10.4. The average Bonchev–Trinajstić information content (AvgIpc) is 3.18. The van der Waals surface area contributed by atoms with Crippen molar-refractivity contribution in [1.29, 1.82) is 0 Å². The van der Waals surface area contributed by atoms with E-state index in [1.54, 1.807) is 0 Å². The summed E-state index contributed by atoms with van der Waals surface area (Å²) in [5, 5.41) is 4.57. The first-order chi connectivity index (χ1) is 10.8. The summed E-state index contributed by atoms with van der Waals surface area (Å²) in [4.78, 5) is 2.88. The number of thioether (sulfide) groups is 6. The molecule has 0 spiro atoms. The Morgan fingerprint density at radius 1 is 0.818 bits per heavy atom. The molecule has 0 bridgehead atoms. The summed E-state index contributed by atoms with van der Waals surface area (Å²) >= 11 is 20.9. The molecule has 0 aromatic rings. The second kappa shape index (κ2) is 12.6. The van der Waals surface area contributed by atoms with Crippen molar-refractivity contribution in [1.82, 2.24) is 0 Å². The molecule has 0 aromatic carbocycles. The molecule has 0 nitrogen and oxygen atoms in total. The fraction of sp³-hybridized carbons (Fsp3) is 0.714. The van der Waals surface area contributed by atoms with Gasteiger partial charge in [0.15, 0.2) is 0 Å². The van der Waals surface area contributed by atoms with Gasteiger partial charge in [-0.25, -0.2) is 0 Å². The molecule has 126 valence electrons. The molecular formula is C14H22S8. The van der Waals surface area contributed by atoms with Gasteiger partial charge in [-0.3, -0.25) is 0 Å². The molecule has 2 unspecified atom stereocenters. The van der Waals surface area contributed by atoms with Gasteiger partial charge < -0.3 is 0 Å². The van der Waals surface area contributed by atoms with Crippen molar-refractivity contribution >= 4 is 95.8 Å². The number of hydrogen-bond acceptors (Lipinski definition) is 8. The molecule has 2 heterocycles. The van der Waals surface area contributed by atoms with Gasteiger partial charge >= 0.3 is 0 Å². The van der Waals surface area contributed by atoms with Crippen LogP contribution in [0.3, 0.4) is 0 Å². The Bertz CT molecular complexity index is 345. The Hall–Kier alpha value is 2.28. The van der Waals surface area contributed by atoms with E-state index in [1.807, 2.05) is 47.0 Å². The maximum atomic E-state index is 4.33. The molecule has 0 aliphatic carbocycles. The van der Waals surface area contributed by atoms with Crippen molar-refractivity contribution in [3.63, 3.8) is 0 Å². The number of hydrogen-bond donors (Lipinski definition) is 2. The van der Waals surface area contributed by atoms with Gasteiger partial charge in [0.1, 0.15) is 0 Å². The summed E-state index contributed by atoms with van der Waals surface area (Å²) in [5.74, 6) is 6.96. The van der Waals surface area contributed by atoms with Crippen LogP contribution in [0.5, 0.6) is 0 Å². The maximum Gasteiger partial charge on any atom is 0.0678 e. The first-order valence-electron chi connectivity index (χ1n) is 7.21. The molecule has 0 amide bonds. The molecule has 0 fully saturated rings. The van der Waals surface area contributed by atoms with Gasteiger partial charge in [-0.2, -0.15) is 48.8 Å². The van der Waals surface area contributed by atoms with E-state index in [1.165, 1.54) is 45.7 Å². The topological polar surface area (TPSA) is 0 Å². The lowest BCUT2D eigenvalue weighted by Crippen LogP contribution is -1.99. The molecule has 2 aliphatic rings. The van der Waals surface area contributed by atoms with E-state index >= 15 is 0 Å². The van der Waals surface area contributed by atoms with E-state index in [4.69, 9.17) is 0 Å². The lowest BCUT2D eigenvalue weighted by atomic mass is 10.4. The monoisotopic (exact) mass is 446 g/mol. The molecule has 0 radical (unpaired) electrons. The van der Waals surface area contributed by atoms with Crippen LogP contribution in [-0.4, -0.2) is 43.7 Å². The van der Waals surface area contributed by atoms with Gasteiger partial charge in [0.05, 0.1) is 9.16 Å². The second-order valence-corrected chi connectivity index (χ2v) is 13.0. The SMILES string of the molecule is SCC1=CSC(CSCCCCSCC2SC=C(CS)S2)S1. The predicted octanol–water partition coefficient (Wildman–Crippen LogP) is 6.39. The normalized spacial score (nSPS) is 24.6. The van der Waals surface area contributed by atoms with Crippen LogP contribution in [0.25, 0.3) is 0 Å². The van der Waals surface area contributed by atoms with Gasteiger partial charge in [0.2, 0.25) is 0 Å². The first kappa shape index (κ1) is 20.6. The third kappa shape index (κ3) is 8.11. The lowest BCUT2D eigenvalue weighted by molar-refractivity contribution is 0.907. The van der Waals surface area contributed by atoms with Gasteiger partial charge in [-0.05, 0) is 35.2 Å². The standard InChI is InChI=1S/C14H22S8/c15-5-11-7-19-13(21-11)9-17-3-1-2-4-18-10-14-20-8-12(6-16)22-14/h7-8,13-16H,1-6,9-10H2. The van der Waals surface area contributed by atoms with Crippen LogP contribution in [0.15, 0.2) is 20.6 Å². The van der Waals surface area contributed by atoms with Crippen molar-refractivity contribution < 1.29 is 0 Å². The third-order valence-corrected chi connectivity index (χ3v) is 12.5. The number of thiol groups is 2. The van der Waals surface area contributed by atoms with Crippen LogP contribution in [-0.2, 0) is 0 Å². The summed E-state index contributed by atoms with van der Waals surface area (Å²) in [6, 6.07) is 0. The molecule has 0 saturated carbocycles. The van der Waals surface area contributed by atoms with Crippen LogP contribution < -0.4 is 0 Å². The van der Waals surface area contributed by atoms with Crippen LogP contribution in [0.2, 0.25) is 0 Å². The van der Waals surface area contributed by atoms with Crippen molar-refractivity contribution in [2.75, 3.05) is 34.5 Å². The molecule has 2 atom stereocenters. The van der Waals surface area contributed by atoms with Gasteiger partial charge in [-0.1, -0.05) is 0 Å². The zero-order valence-corrected chi connectivity index (χ0v) is 19.0. The highest BCUT2D eigenvalue weighted by Gasteiger charge is 2.18. The fourth-order valence-electron chi connectivity index (χ4n) is 1.82. The van der Waals surface area contributed by atoms with Crippen LogP contribution in [0, 0.1) is 0 Å². The van der Waals surface area contributed by atoms with Crippen molar-refractivity contribution in [2.45, 2.75) is 22.0 Å². The Labute approximate surface area is 171 Å². The smallest absolute Gasteiger partial charge is 0.0678 e.